The summed E-state index contributed by atoms with van der Waals surface area (Å²) < 4.78 is 43.5. The third kappa shape index (κ3) is 3.32. The van der Waals surface area contributed by atoms with Crippen molar-refractivity contribution in [2.24, 2.45) is 0 Å². The lowest BCUT2D eigenvalue weighted by molar-refractivity contribution is -0.388. The van der Waals surface area contributed by atoms with Crippen molar-refractivity contribution in [1.29, 1.82) is 0 Å². The van der Waals surface area contributed by atoms with Crippen molar-refractivity contribution in [3.8, 4) is 0 Å². The lowest BCUT2D eigenvalue weighted by Gasteiger charge is -2.18. The van der Waals surface area contributed by atoms with Crippen LogP contribution in [0.4, 0.5) is 24.5 Å². The minimum absolute atomic E-state index is 0.104. The molecule has 0 N–H and O–H groups in total. The van der Waals surface area contributed by atoms with Crippen molar-refractivity contribution in [2.75, 3.05) is 11.9 Å². The third-order valence-electron chi connectivity index (χ3n) is 2.87. The van der Waals surface area contributed by atoms with E-state index in [4.69, 9.17) is 4.52 Å². The monoisotopic (exact) mass is 316 g/mol. The van der Waals surface area contributed by atoms with Crippen molar-refractivity contribution in [1.82, 2.24) is 10.1 Å². The molecule has 1 heterocycles. The molecular weight excluding hydrogens is 305 g/mol. The Morgan fingerprint density at radius 1 is 1.41 bits per heavy atom. The SMILES string of the molecule is Cc1nc(CN(C)c2ccc([N+](=O)[O-])c(C(F)(F)F)c2)no1. The van der Waals surface area contributed by atoms with Crippen LogP contribution < -0.4 is 4.90 Å². The average molecular weight is 316 g/mol. The summed E-state index contributed by atoms with van der Waals surface area (Å²) in [5.41, 5.74) is -2.13. The normalized spacial score (nSPS) is 11.5. The predicted octanol–water partition coefficient (Wildman–Crippen LogP) is 2.94. The summed E-state index contributed by atoms with van der Waals surface area (Å²) in [6, 6.07) is 2.79. The molecule has 0 atom stereocenters. The van der Waals surface area contributed by atoms with E-state index in [9.17, 15) is 23.3 Å². The number of halogens is 3. The molecule has 118 valence electrons. The molecule has 1 aromatic heterocycles. The summed E-state index contributed by atoms with van der Waals surface area (Å²) in [5, 5.41) is 14.3. The van der Waals surface area contributed by atoms with Gasteiger partial charge in [-0.3, -0.25) is 10.1 Å². The second kappa shape index (κ2) is 5.62. The largest absolute Gasteiger partial charge is 0.423 e. The van der Waals surface area contributed by atoms with E-state index in [0.29, 0.717) is 11.7 Å². The predicted molar refractivity (Wildman–Crippen MR) is 69.2 cm³/mol. The lowest BCUT2D eigenvalue weighted by Crippen LogP contribution is -2.18. The zero-order chi connectivity index (χ0) is 16.5. The Bertz CT molecular complexity index is 699. The maximum absolute atomic E-state index is 12.9. The van der Waals surface area contributed by atoms with Crippen LogP contribution >= 0.6 is 0 Å². The number of benzene rings is 1. The molecule has 1 aromatic carbocycles. The van der Waals surface area contributed by atoms with Crippen molar-refractivity contribution in [3.05, 3.63) is 45.6 Å². The smallest absolute Gasteiger partial charge is 0.367 e. The van der Waals surface area contributed by atoms with Gasteiger partial charge in [-0.05, 0) is 12.1 Å². The number of nitrogens with zero attached hydrogens (tertiary/aromatic N) is 4. The van der Waals surface area contributed by atoms with Crippen LogP contribution in [0.2, 0.25) is 0 Å². The van der Waals surface area contributed by atoms with Gasteiger partial charge >= 0.3 is 6.18 Å². The van der Waals surface area contributed by atoms with E-state index in [2.05, 4.69) is 10.1 Å². The number of hydrogen-bond donors (Lipinski definition) is 0. The van der Waals surface area contributed by atoms with Crippen LogP contribution in [0.3, 0.4) is 0 Å². The number of rotatable bonds is 4. The molecule has 0 unspecified atom stereocenters. The van der Waals surface area contributed by atoms with Gasteiger partial charge in [0, 0.05) is 25.7 Å². The molecule has 2 rings (SSSR count). The summed E-state index contributed by atoms with van der Waals surface area (Å²) in [5.74, 6) is 0.634. The molecule has 0 spiro atoms. The number of nitro benzene ring substituents is 1. The number of hydrogen-bond acceptors (Lipinski definition) is 6. The molecule has 10 heteroatoms. The third-order valence-corrected chi connectivity index (χ3v) is 2.87. The fourth-order valence-corrected chi connectivity index (χ4v) is 1.86. The summed E-state index contributed by atoms with van der Waals surface area (Å²) >= 11 is 0. The first-order chi connectivity index (χ1) is 10.2. The van der Waals surface area contributed by atoms with Gasteiger partial charge in [-0.25, -0.2) is 0 Å². The van der Waals surface area contributed by atoms with Gasteiger partial charge in [-0.2, -0.15) is 18.2 Å². The molecule has 2 aromatic rings. The fraction of sp³-hybridized carbons (Fsp3) is 0.333. The highest BCUT2D eigenvalue weighted by Crippen LogP contribution is 2.38. The molecule has 7 nitrogen and oxygen atoms in total. The van der Waals surface area contributed by atoms with Crippen LogP contribution in [0, 0.1) is 17.0 Å². The molecule has 0 saturated heterocycles. The number of alkyl halides is 3. The van der Waals surface area contributed by atoms with Gasteiger partial charge in [-0.15, -0.1) is 0 Å². The van der Waals surface area contributed by atoms with Gasteiger partial charge in [0.2, 0.25) is 5.89 Å². The van der Waals surface area contributed by atoms with Gasteiger partial charge in [0.05, 0.1) is 11.5 Å². The van der Waals surface area contributed by atoms with Gasteiger partial charge < -0.3 is 9.42 Å². The number of nitro groups is 1. The summed E-state index contributed by atoms with van der Waals surface area (Å²) in [4.78, 5) is 15.0. The molecule has 0 amide bonds. The van der Waals surface area contributed by atoms with Crippen molar-refractivity contribution < 1.29 is 22.6 Å². The Balaban J connectivity index is 2.33. The van der Waals surface area contributed by atoms with Gasteiger partial charge in [0.15, 0.2) is 5.82 Å². The van der Waals surface area contributed by atoms with E-state index < -0.39 is 22.4 Å². The first-order valence-corrected chi connectivity index (χ1v) is 6.04. The van der Waals surface area contributed by atoms with Crippen LogP contribution in [0.15, 0.2) is 22.7 Å². The van der Waals surface area contributed by atoms with Crippen molar-refractivity contribution >= 4 is 11.4 Å². The van der Waals surface area contributed by atoms with E-state index >= 15 is 0 Å². The van der Waals surface area contributed by atoms with Gasteiger partial charge in [0.25, 0.3) is 5.69 Å². The molecule has 0 bridgehead atoms. The molecule has 22 heavy (non-hydrogen) atoms. The second-order valence-corrected chi connectivity index (χ2v) is 4.54. The van der Waals surface area contributed by atoms with Gasteiger partial charge in [0.1, 0.15) is 5.56 Å². The van der Waals surface area contributed by atoms with E-state index in [0.717, 1.165) is 12.1 Å². The highest BCUT2D eigenvalue weighted by Gasteiger charge is 2.38. The topological polar surface area (TPSA) is 85.3 Å². The summed E-state index contributed by atoms with van der Waals surface area (Å²) in [6.07, 6.45) is -4.82. The summed E-state index contributed by atoms with van der Waals surface area (Å²) in [6.45, 7) is 1.69. The average Bonchev–Trinajstić information content (AvgIpc) is 2.82. The Hall–Kier alpha value is -2.65. The van der Waals surface area contributed by atoms with E-state index in [1.807, 2.05) is 0 Å². The Kier molecular flexibility index (Phi) is 4.02. The number of anilines is 1. The van der Waals surface area contributed by atoms with Crippen molar-refractivity contribution in [3.63, 3.8) is 0 Å². The highest BCUT2D eigenvalue weighted by atomic mass is 19.4. The lowest BCUT2D eigenvalue weighted by atomic mass is 10.1. The summed E-state index contributed by atoms with van der Waals surface area (Å²) in [7, 11) is 1.52. The van der Waals surface area contributed by atoms with E-state index in [-0.39, 0.29) is 12.2 Å². The quantitative estimate of drug-likeness (QED) is 0.637. The van der Waals surface area contributed by atoms with Crippen LogP contribution in [-0.2, 0) is 12.7 Å². The molecule has 0 fully saturated rings. The molecule has 0 aliphatic carbocycles. The standard InChI is InChI=1S/C12H11F3N4O3/c1-7-16-11(17-22-7)6-18(2)8-3-4-10(19(20)21)9(5-8)12(13,14)15/h3-5H,6H2,1-2H3. The van der Waals surface area contributed by atoms with Crippen LogP contribution in [-0.4, -0.2) is 22.1 Å². The maximum Gasteiger partial charge on any atom is 0.423 e. The second-order valence-electron chi connectivity index (χ2n) is 4.54. The van der Waals surface area contributed by atoms with E-state index in [1.165, 1.54) is 18.0 Å². The van der Waals surface area contributed by atoms with Crippen LogP contribution in [0.1, 0.15) is 17.3 Å². The first-order valence-electron chi connectivity index (χ1n) is 6.04. The Labute approximate surface area is 122 Å². The molecule has 0 radical (unpaired) electrons. The highest BCUT2D eigenvalue weighted by molar-refractivity contribution is 5.56. The molecule has 0 saturated carbocycles. The number of aromatic nitrogens is 2. The first kappa shape index (κ1) is 15.7. The number of aryl methyl sites for hydroxylation is 1. The minimum atomic E-state index is -4.82. The van der Waals surface area contributed by atoms with Crippen LogP contribution in [0.5, 0.6) is 0 Å². The maximum atomic E-state index is 12.9. The van der Waals surface area contributed by atoms with Gasteiger partial charge in [-0.1, -0.05) is 5.16 Å². The molecular formula is C12H11F3N4O3. The van der Waals surface area contributed by atoms with Crippen LogP contribution in [0.25, 0.3) is 0 Å². The zero-order valence-electron chi connectivity index (χ0n) is 11.6. The zero-order valence-corrected chi connectivity index (χ0v) is 11.6. The Morgan fingerprint density at radius 3 is 2.59 bits per heavy atom. The van der Waals surface area contributed by atoms with E-state index in [1.54, 1.807) is 6.92 Å². The molecule has 0 aliphatic heterocycles. The minimum Gasteiger partial charge on any atom is -0.367 e. The molecule has 0 aliphatic rings. The Morgan fingerprint density at radius 2 is 2.09 bits per heavy atom. The fourth-order valence-electron chi connectivity index (χ4n) is 1.86. The van der Waals surface area contributed by atoms with Crippen molar-refractivity contribution in [2.45, 2.75) is 19.6 Å².